The Hall–Kier alpha value is -1.69. The van der Waals surface area contributed by atoms with Crippen LogP contribution in [-0.4, -0.2) is 63.4 Å². The summed E-state index contributed by atoms with van der Waals surface area (Å²) in [5, 5.41) is 9.09. The van der Waals surface area contributed by atoms with Crippen LogP contribution in [0.2, 0.25) is 0 Å². The van der Waals surface area contributed by atoms with E-state index in [9.17, 15) is 8.42 Å². The second-order valence-electron chi connectivity index (χ2n) is 5.03. The van der Waals surface area contributed by atoms with Gasteiger partial charge < -0.3 is 9.64 Å². The number of anilines is 1. The highest BCUT2D eigenvalue weighted by molar-refractivity contribution is 7.89. The summed E-state index contributed by atoms with van der Waals surface area (Å²) in [6, 6.07) is 5.69. The summed E-state index contributed by atoms with van der Waals surface area (Å²) < 4.78 is 30.8. The predicted molar refractivity (Wildman–Crippen MR) is 83.0 cm³/mol. The molecule has 120 valence electrons. The largest absolute Gasteiger partial charge is 0.385 e. The molecule has 1 saturated heterocycles. The molecule has 0 unspecified atom stereocenters. The van der Waals surface area contributed by atoms with Crippen molar-refractivity contribution in [3.63, 3.8) is 0 Å². The monoisotopic (exact) mass is 324 g/mol. The summed E-state index contributed by atoms with van der Waals surface area (Å²) in [6.07, 6.45) is 2.08. The fourth-order valence-corrected chi connectivity index (χ4v) is 3.92. The minimum absolute atomic E-state index is 0.108. The first-order chi connectivity index (χ1) is 10.6. The van der Waals surface area contributed by atoms with Crippen molar-refractivity contribution >= 4 is 15.7 Å². The maximum absolute atomic E-state index is 12.2. The molecule has 1 aliphatic rings. The van der Waals surface area contributed by atoms with Crippen molar-refractivity contribution in [1.29, 1.82) is 5.26 Å². The van der Waals surface area contributed by atoms with Crippen molar-refractivity contribution < 1.29 is 13.2 Å². The number of aromatic nitrogens is 1. The molecule has 0 radical (unpaired) electrons. The van der Waals surface area contributed by atoms with Gasteiger partial charge in [0.15, 0.2) is 5.69 Å². The molecular formula is C14H20N4O3S. The summed E-state index contributed by atoms with van der Waals surface area (Å²) in [6.45, 7) is 2.42. The molecular weight excluding hydrogens is 304 g/mol. The quantitative estimate of drug-likeness (QED) is 0.706. The zero-order chi connectivity index (χ0) is 16.0. The van der Waals surface area contributed by atoms with Crippen LogP contribution in [0.5, 0.6) is 0 Å². The SMILES string of the molecule is COCCCS(=O)(=O)N1CCN(c2cccnc2C#N)CC1. The maximum atomic E-state index is 12.2. The molecule has 22 heavy (non-hydrogen) atoms. The minimum atomic E-state index is -3.23. The van der Waals surface area contributed by atoms with E-state index in [0.717, 1.165) is 5.69 Å². The molecule has 0 bridgehead atoms. The third kappa shape index (κ3) is 3.94. The number of rotatable bonds is 6. The van der Waals surface area contributed by atoms with Crippen molar-refractivity contribution in [2.75, 3.05) is 50.5 Å². The second kappa shape index (κ2) is 7.54. The standard InChI is InChI=1S/C14H20N4O3S/c1-21-10-3-11-22(19,20)18-8-6-17(7-9-18)14-4-2-5-16-13(14)12-15/h2,4-5H,3,6-11H2,1H3. The number of sulfonamides is 1. The van der Waals surface area contributed by atoms with E-state index in [1.54, 1.807) is 19.4 Å². The van der Waals surface area contributed by atoms with Crippen LogP contribution in [0, 0.1) is 11.3 Å². The summed E-state index contributed by atoms with van der Waals surface area (Å²) in [4.78, 5) is 6.05. The normalized spacial score (nSPS) is 16.5. The molecule has 0 amide bonds. The predicted octanol–water partition coefficient (Wildman–Crippen LogP) is 0.442. The molecule has 0 aliphatic carbocycles. The molecule has 0 spiro atoms. The Balaban J connectivity index is 1.97. The molecule has 1 aromatic rings. The number of piperazine rings is 1. The van der Waals surface area contributed by atoms with Crippen molar-refractivity contribution in [3.05, 3.63) is 24.0 Å². The Morgan fingerprint density at radius 3 is 2.73 bits per heavy atom. The topological polar surface area (TPSA) is 86.5 Å². The Bertz CT molecular complexity index is 634. The van der Waals surface area contributed by atoms with Gasteiger partial charge in [-0.3, -0.25) is 0 Å². The van der Waals surface area contributed by atoms with Crippen LogP contribution in [0.25, 0.3) is 0 Å². The molecule has 8 heteroatoms. The van der Waals surface area contributed by atoms with E-state index in [-0.39, 0.29) is 5.75 Å². The number of hydrogen-bond donors (Lipinski definition) is 0. The van der Waals surface area contributed by atoms with Crippen LogP contribution < -0.4 is 4.90 Å². The Kier molecular flexibility index (Phi) is 5.71. The van der Waals surface area contributed by atoms with E-state index in [0.29, 0.717) is 44.9 Å². The van der Waals surface area contributed by atoms with Gasteiger partial charge in [0.05, 0.1) is 11.4 Å². The van der Waals surface area contributed by atoms with Gasteiger partial charge in [0, 0.05) is 46.1 Å². The van der Waals surface area contributed by atoms with E-state index < -0.39 is 10.0 Å². The van der Waals surface area contributed by atoms with Crippen LogP contribution in [0.4, 0.5) is 5.69 Å². The number of ether oxygens (including phenoxy) is 1. The van der Waals surface area contributed by atoms with Gasteiger partial charge in [-0.2, -0.15) is 9.57 Å². The molecule has 7 nitrogen and oxygen atoms in total. The highest BCUT2D eigenvalue weighted by atomic mass is 32.2. The zero-order valence-corrected chi connectivity index (χ0v) is 13.4. The van der Waals surface area contributed by atoms with Gasteiger partial charge in [0.2, 0.25) is 10.0 Å². The fraction of sp³-hybridized carbons (Fsp3) is 0.571. The Labute approximate surface area is 131 Å². The number of methoxy groups -OCH3 is 1. The van der Waals surface area contributed by atoms with E-state index in [1.807, 2.05) is 11.0 Å². The first-order valence-electron chi connectivity index (χ1n) is 7.15. The minimum Gasteiger partial charge on any atom is -0.385 e. The molecule has 0 atom stereocenters. The van der Waals surface area contributed by atoms with Gasteiger partial charge in [-0.1, -0.05) is 0 Å². The smallest absolute Gasteiger partial charge is 0.214 e. The number of pyridine rings is 1. The molecule has 2 rings (SSSR count). The van der Waals surface area contributed by atoms with Gasteiger partial charge in [-0.05, 0) is 18.6 Å². The average Bonchev–Trinajstić information content (AvgIpc) is 2.55. The summed E-state index contributed by atoms with van der Waals surface area (Å²) in [5.74, 6) is 0.108. The summed E-state index contributed by atoms with van der Waals surface area (Å²) in [7, 11) is -1.67. The molecule has 0 aromatic carbocycles. The van der Waals surface area contributed by atoms with Gasteiger partial charge in [0.1, 0.15) is 6.07 Å². The van der Waals surface area contributed by atoms with Crippen LogP contribution in [0.3, 0.4) is 0 Å². The highest BCUT2D eigenvalue weighted by Crippen LogP contribution is 2.20. The molecule has 1 aliphatic heterocycles. The molecule has 1 fully saturated rings. The van der Waals surface area contributed by atoms with Crippen LogP contribution >= 0.6 is 0 Å². The van der Waals surface area contributed by atoms with Gasteiger partial charge in [-0.15, -0.1) is 0 Å². The number of hydrogen-bond acceptors (Lipinski definition) is 6. The average molecular weight is 324 g/mol. The van der Waals surface area contributed by atoms with Crippen LogP contribution in [-0.2, 0) is 14.8 Å². The second-order valence-corrected chi connectivity index (χ2v) is 7.12. The molecule has 0 N–H and O–H groups in total. The lowest BCUT2D eigenvalue weighted by molar-refractivity contribution is 0.199. The van der Waals surface area contributed by atoms with Crippen molar-refractivity contribution in [2.45, 2.75) is 6.42 Å². The first-order valence-corrected chi connectivity index (χ1v) is 8.76. The third-order valence-electron chi connectivity index (χ3n) is 3.62. The van der Waals surface area contributed by atoms with Gasteiger partial charge >= 0.3 is 0 Å². The van der Waals surface area contributed by atoms with Crippen LogP contribution in [0.15, 0.2) is 18.3 Å². The van der Waals surface area contributed by atoms with E-state index in [2.05, 4.69) is 11.1 Å². The number of nitrogens with zero attached hydrogens (tertiary/aromatic N) is 4. The third-order valence-corrected chi connectivity index (χ3v) is 5.57. The molecule has 0 saturated carbocycles. The van der Waals surface area contributed by atoms with E-state index in [4.69, 9.17) is 10.00 Å². The number of nitriles is 1. The van der Waals surface area contributed by atoms with Crippen molar-refractivity contribution in [3.8, 4) is 6.07 Å². The zero-order valence-electron chi connectivity index (χ0n) is 12.6. The molecule has 1 aromatic heterocycles. The van der Waals surface area contributed by atoms with E-state index >= 15 is 0 Å². The first kappa shape index (κ1) is 16.7. The van der Waals surface area contributed by atoms with Crippen molar-refractivity contribution in [2.24, 2.45) is 0 Å². The highest BCUT2D eigenvalue weighted by Gasteiger charge is 2.27. The van der Waals surface area contributed by atoms with Crippen LogP contribution in [0.1, 0.15) is 12.1 Å². The summed E-state index contributed by atoms with van der Waals surface area (Å²) in [5.41, 5.74) is 1.14. The lowest BCUT2D eigenvalue weighted by Gasteiger charge is -2.35. The van der Waals surface area contributed by atoms with Gasteiger partial charge in [0.25, 0.3) is 0 Å². The van der Waals surface area contributed by atoms with E-state index in [1.165, 1.54) is 4.31 Å². The van der Waals surface area contributed by atoms with Gasteiger partial charge in [-0.25, -0.2) is 13.4 Å². The lowest BCUT2D eigenvalue weighted by Crippen LogP contribution is -2.49. The van der Waals surface area contributed by atoms with Crippen molar-refractivity contribution in [1.82, 2.24) is 9.29 Å². The summed E-state index contributed by atoms with van der Waals surface area (Å²) >= 11 is 0. The Morgan fingerprint density at radius 1 is 1.36 bits per heavy atom. The maximum Gasteiger partial charge on any atom is 0.214 e. The lowest BCUT2D eigenvalue weighted by atomic mass is 10.2. The fourth-order valence-electron chi connectivity index (χ4n) is 2.46. The Morgan fingerprint density at radius 2 is 2.09 bits per heavy atom. The molecule has 2 heterocycles.